The minimum Gasteiger partial charge on any atom is -0.480 e. The van der Waals surface area contributed by atoms with E-state index in [0.29, 0.717) is 0 Å². The maximum Gasteiger partial charge on any atom is 0.376 e. The Kier molecular flexibility index (Phi) is 3.39. The van der Waals surface area contributed by atoms with Gasteiger partial charge in [-0.15, -0.1) is 0 Å². The lowest BCUT2D eigenvalue weighted by molar-refractivity contribution is -0.140. The van der Waals surface area contributed by atoms with Gasteiger partial charge in [-0.05, 0) is 20.8 Å². The van der Waals surface area contributed by atoms with Crippen LogP contribution in [0.2, 0.25) is 6.82 Å². The number of hydrogen-bond acceptors (Lipinski definition) is 3. The van der Waals surface area contributed by atoms with Crippen LogP contribution in [-0.4, -0.2) is 41.1 Å². The molecule has 0 heterocycles. The van der Waals surface area contributed by atoms with Crippen molar-refractivity contribution in [2.75, 3.05) is 7.05 Å². The van der Waals surface area contributed by atoms with Gasteiger partial charge in [-0.3, -0.25) is 4.79 Å². The smallest absolute Gasteiger partial charge is 0.376 e. The molecular formula is C5H12BNO3. The lowest BCUT2D eigenvalue weighted by Crippen LogP contribution is -2.44. The molecule has 0 unspecified atom stereocenters. The Morgan fingerprint density at radius 2 is 2.10 bits per heavy atom. The summed E-state index contributed by atoms with van der Waals surface area (Å²) in [4.78, 5) is 11.7. The lowest BCUT2D eigenvalue weighted by Gasteiger charge is -2.21. The van der Waals surface area contributed by atoms with Crippen molar-refractivity contribution in [3.8, 4) is 0 Å². The molecule has 4 nitrogen and oxygen atoms in total. The molecule has 0 aliphatic rings. The molecule has 0 fully saturated rings. The van der Waals surface area contributed by atoms with Crippen LogP contribution in [0.1, 0.15) is 6.92 Å². The molecule has 0 aliphatic heterocycles. The highest BCUT2D eigenvalue weighted by molar-refractivity contribution is 6.45. The number of nitrogens with zero attached hydrogens (tertiary/aromatic N) is 1. The van der Waals surface area contributed by atoms with E-state index in [9.17, 15) is 4.79 Å². The van der Waals surface area contributed by atoms with E-state index in [1.54, 1.807) is 7.05 Å². The topological polar surface area (TPSA) is 60.8 Å². The van der Waals surface area contributed by atoms with Crippen molar-refractivity contribution in [3.63, 3.8) is 0 Å². The van der Waals surface area contributed by atoms with Gasteiger partial charge in [0.2, 0.25) is 0 Å². The van der Waals surface area contributed by atoms with Crippen LogP contribution in [0, 0.1) is 0 Å². The van der Waals surface area contributed by atoms with Crippen LogP contribution in [-0.2, 0) is 4.79 Å². The van der Waals surface area contributed by atoms with Gasteiger partial charge in [0.1, 0.15) is 0 Å². The van der Waals surface area contributed by atoms with Gasteiger partial charge in [-0.25, -0.2) is 0 Å². The molecule has 0 saturated carbocycles. The van der Waals surface area contributed by atoms with Crippen molar-refractivity contribution >= 4 is 13.0 Å². The van der Waals surface area contributed by atoms with Crippen molar-refractivity contribution < 1.29 is 14.9 Å². The largest absolute Gasteiger partial charge is 0.480 e. The summed E-state index contributed by atoms with van der Waals surface area (Å²) in [7, 11) is 0.842. The molecular weight excluding hydrogens is 133 g/mol. The first-order valence-electron chi connectivity index (χ1n) is 3.09. The lowest BCUT2D eigenvalue weighted by atomic mass is 9.84. The summed E-state index contributed by atoms with van der Waals surface area (Å²) in [5.74, 6) is -0.927. The van der Waals surface area contributed by atoms with Gasteiger partial charge in [0.25, 0.3) is 0 Å². The first-order valence-corrected chi connectivity index (χ1v) is 3.09. The fourth-order valence-electron chi connectivity index (χ4n) is 0.498. The van der Waals surface area contributed by atoms with Crippen LogP contribution >= 0.6 is 0 Å². The minimum atomic E-state index is -0.927. The van der Waals surface area contributed by atoms with Crippen LogP contribution < -0.4 is 0 Å². The summed E-state index contributed by atoms with van der Waals surface area (Å²) in [5.41, 5.74) is 0. The van der Waals surface area contributed by atoms with Crippen LogP contribution in [0.15, 0.2) is 0 Å². The van der Waals surface area contributed by atoms with E-state index in [1.165, 1.54) is 18.6 Å². The number of hydrogen-bond donors (Lipinski definition) is 2. The van der Waals surface area contributed by atoms with Gasteiger partial charge < -0.3 is 14.9 Å². The zero-order valence-electron chi connectivity index (χ0n) is 6.40. The Morgan fingerprint density at radius 1 is 1.70 bits per heavy atom. The molecule has 58 valence electrons. The monoisotopic (exact) mass is 145 g/mol. The number of rotatable bonds is 3. The third-order valence-electron chi connectivity index (χ3n) is 1.56. The first kappa shape index (κ1) is 9.45. The second-order valence-corrected chi connectivity index (χ2v) is 2.31. The fourth-order valence-corrected chi connectivity index (χ4v) is 0.498. The van der Waals surface area contributed by atoms with Gasteiger partial charge in [0.05, 0.1) is 6.04 Å². The summed E-state index contributed by atoms with van der Waals surface area (Å²) in [5, 5.41) is 17.4. The maximum absolute atomic E-state index is 10.3. The molecule has 0 bridgehead atoms. The molecule has 0 amide bonds. The van der Waals surface area contributed by atoms with Crippen molar-refractivity contribution in [2.45, 2.75) is 19.8 Å². The standard InChI is InChI=1S/C5H12BNO3/c1-4(5(8)9)7(3)6(2)10/h4,10H,1-3H3,(H,8,9)/t4-/m1/s1. The van der Waals surface area contributed by atoms with Gasteiger partial charge >= 0.3 is 13.0 Å². The van der Waals surface area contributed by atoms with Gasteiger partial charge in [-0.1, -0.05) is 0 Å². The maximum atomic E-state index is 10.3. The van der Waals surface area contributed by atoms with Crippen LogP contribution in [0.5, 0.6) is 0 Å². The number of aliphatic carboxylic acids is 1. The molecule has 0 saturated heterocycles. The second-order valence-electron chi connectivity index (χ2n) is 2.31. The van der Waals surface area contributed by atoms with E-state index in [0.717, 1.165) is 0 Å². The molecule has 0 aromatic rings. The number of carboxylic acids is 1. The highest BCUT2D eigenvalue weighted by Crippen LogP contribution is 1.96. The van der Waals surface area contributed by atoms with Gasteiger partial charge in [0.15, 0.2) is 0 Å². The van der Waals surface area contributed by atoms with E-state index < -0.39 is 19.1 Å². The zero-order chi connectivity index (χ0) is 8.31. The average Bonchev–Trinajstić information content (AvgIpc) is 1.84. The summed E-state index contributed by atoms with van der Waals surface area (Å²) in [6.45, 7) is 3.05. The molecule has 5 heteroatoms. The Balaban J connectivity index is 3.94. The quantitative estimate of drug-likeness (QED) is 0.525. The SMILES string of the molecule is CB(O)N(C)[C@H](C)C(=O)O. The fraction of sp³-hybridized carbons (Fsp3) is 0.800. The predicted molar refractivity (Wildman–Crippen MR) is 38.7 cm³/mol. The van der Waals surface area contributed by atoms with Crippen LogP contribution in [0.4, 0.5) is 0 Å². The molecule has 2 N–H and O–H groups in total. The van der Waals surface area contributed by atoms with Gasteiger partial charge in [0, 0.05) is 0 Å². The van der Waals surface area contributed by atoms with E-state index in [2.05, 4.69) is 0 Å². The van der Waals surface area contributed by atoms with Crippen LogP contribution in [0.3, 0.4) is 0 Å². The highest BCUT2D eigenvalue weighted by atomic mass is 16.4. The summed E-state index contributed by atoms with van der Waals surface area (Å²) < 4.78 is 0. The van der Waals surface area contributed by atoms with Crippen molar-refractivity contribution in [1.82, 2.24) is 4.81 Å². The van der Waals surface area contributed by atoms with E-state index in [4.69, 9.17) is 10.1 Å². The first-order chi connectivity index (χ1) is 4.46. The zero-order valence-corrected chi connectivity index (χ0v) is 6.40. The molecule has 0 aromatic heterocycles. The Labute approximate surface area is 60.6 Å². The van der Waals surface area contributed by atoms with Crippen molar-refractivity contribution in [2.24, 2.45) is 0 Å². The molecule has 0 radical (unpaired) electrons. The average molecular weight is 145 g/mol. The number of carbonyl (C=O) groups is 1. The Morgan fingerprint density at radius 3 is 2.20 bits per heavy atom. The molecule has 10 heavy (non-hydrogen) atoms. The van der Waals surface area contributed by atoms with E-state index in [1.807, 2.05) is 0 Å². The molecule has 0 rings (SSSR count). The van der Waals surface area contributed by atoms with Crippen LogP contribution in [0.25, 0.3) is 0 Å². The summed E-state index contributed by atoms with van der Waals surface area (Å²) in [6, 6.07) is -0.639. The van der Waals surface area contributed by atoms with Crippen molar-refractivity contribution in [1.29, 1.82) is 0 Å². The molecule has 0 aromatic carbocycles. The minimum absolute atomic E-state index is 0.639. The highest BCUT2D eigenvalue weighted by Gasteiger charge is 2.22. The van der Waals surface area contributed by atoms with Crippen molar-refractivity contribution in [3.05, 3.63) is 0 Å². The molecule has 0 spiro atoms. The third kappa shape index (κ3) is 2.37. The Hall–Kier alpha value is -0.545. The van der Waals surface area contributed by atoms with E-state index >= 15 is 0 Å². The summed E-state index contributed by atoms with van der Waals surface area (Å²) >= 11 is 0. The van der Waals surface area contributed by atoms with E-state index in [-0.39, 0.29) is 0 Å². The normalized spacial score (nSPS) is 13.3. The predicted octanol–water partition coefficient (Wildman–Crippen LogP) is -0.498. The number of likely N-dealkylation sites (N-methyl/N-ethyl adjacent to an activating group) is 1. The number of carboxylic acid groups (broad SMARTS) is 1. The molecule has 1 atom stereocenters. The third-order valence-corrected chi connectivity index (χ3v) is 1.56. The van der Waals surface area contributed by atoms with Gasteiger partial charge in [-0.2, -0.15) is 0 Å². The second kappa shape index (κ2) is 3.58. The Bertz CT molecular complexity index is 128. The summed E-state index contributed by atoms with van der Waals surface area (Å²) in [6.07, 6.45) is 0. The molecule has 0 aliphatic carbocycles.